The molecule has 2 aromatic carbocycles. The van der Waals surface area contributed by atoms with Crippen LogP contribution in [0.25, 0.3) is 0 Å². The zero-order valence-corrected chi connectivity index (χ0v) is 12.7. The van der Waals surface area contributed by atoms with Crippen LogP contribution in [0.4, 0.5) is 5.69 Å². The van der Waals surface area contributed by atoms with E-state index in [1.165, 1.54) is 7.11 Å². The maximum absolute atomic E-state index is 12.1. The number of anilines is 1. The van der Waals surface area contributed by atoms with E-state index in [0.29, 0.717) is 17.7 Å². The summed E-state index contributed by atoms with van der Waals surface area (Å²) < 4.78 is 4.63. The standard InChI is InChI=1S/C18H19NO3/c1-13(14-6-4-3-5-7-14)12-17(20)19-16-10-8-15(9-11-16)18(21)22-2/h3-11,13H,12H2,1-2H3,(H,19,20). The van der Waals surface area contributed by atoms with Crippen molar-refractivity contribution in [2.24, 2.45) is 0 Å². The summed E-state index contributed by atoms with van der Waals surface area (Å²) >= 11 is 0. The zero-order chi connectivity index (χ0) is 15.9. The monoisotopic (exact) mass is 297 g/mol. The van der Waals surface area contributed by atoms with Crippen LogP contribution < -0.4 is 5.32 Å². The maximum Gasteiger partial charge on any atom is 0.337 e. The minimum absolute atomic E-state index is 0.0535. The second-order valence-corrected chi connectivity index (χ2v) is 5.13. The Bertz CT molecular complexity index is 635. The molecule has 0 fully saturated rings. The minimum Gasteiger partial charge on any atom is -0.465 e. The molecule has 0 saturated heterocycles. The number of benzene rings is 2. The molecule has 0 radical (unpaired) electrons. The number of nitrogens with one attached hydrogen (secondary N) is 1. The van der Waals surface area contributed by atoms with Crippen LogP contribution in [0.1, 0.15) is 35.2 Å². The van der Waals surface area contributed by atoms with Gasteiger partial charge in [-0.3, -0.25) is 4.79 Å². The highest BCUT2D eigenvalue weighted by Crippen LogP contribution is 2.19. The van der Waals surface area contributed by atoms with Gasteiger partial charge in [0.05, 0.1) is 12.7 Å². The van der Waals surface area contributed by atoms with Gasteiger partial charge in [-0.1, -0.05) is 37.3 Å². The predicted molar refractivity (Wildman–Crippen MR) is 85.9 cm³/mol. The molecule has 0 spiro atoms. The topological polar surface area (TPSA) is 55.4 Å². The largest absolute Gasteiger partial charge is 0.465 e. The SMILES string of the molecule is COC(=O)c1ccc(NC(=O)CC(C)c2ccccc2)cc1. The Morgan fingerprint density at radius 3 is 2.27 bits per heavy atom. The van der Waals surface area contributed by atoms with Crippen molar-refractivity contribution in [3.05, 3.63) is 65.7 Å². The highest BCUT2D eigenvalue weighted by atomic mass is 16.5. The lowest BCUT2D eigenvalue weighted by molar-refractivity contribution is -0.116. The highest BCUT2D eigenvalue weighted by Gasteiger charge is 2.11. The van der Waals surface area contributed by atoms with Crippen molar-refractivity contribution in [2.75, 3.05) is 12.4 Å². The fourth-order valence-electron chi connectivity index (χ4n) is 2.20. The molecule has 4 nitrogen and oxygen atoms in total. The second-order valence-electron chi connectivity index (χ2n) is 5.13. The van der Waals surface area contributed by atoms with Gasteiger partial charge in [0.15, 0.2) is 0 Å². The van der Waals surface area contributed by atoms with Gasteiger partial charge in [0.1, 0.15) is 0 Å². The van der Waals surface area contributed by atoms with Crippen LogP contribution in [0.15, 0.2) is 54.6 Å². The van der Waals surface area contributed by atoms with Crippen molar-refractivity contribution in [3.63, 3.8) is 0 Å². The van der Waals surface area contributed by atoms with Crippen LogP contribution in [-0.4, -0.2) is 19.0 Å². The first-order valence-electron chi connectivity index (χ1n) is 7.13. The smallest absolute Gasteiger partial charge is 0.337 e. The molecule has 1 N–H and O–H groups in total. The third kappa shape index (κ3) is 4.19. The summed E-state index contributed by atoms with van der Waals surface area (Å²) in [5.74, 6) is -0.298. The van der Waals surface area contributed by atoms with Crippen molar-refractivity contribution >= 4 is 17.6 Å². The van der Waals surface area contributed by atoms with Crippen molar-refractivity contribution in [3.8, 4) is 0 Å². The Morgan fingerprint density at radius 2 is 1.68 bits per heavy atom. The lowest BCUT2D eigenvalue weighted by Crippen LogP contribution is -2.14. The molecule has 114 valence electrons. The van der Waals surface area contributed by atoms with Crippen LogP contribution in [0.2, 0.25) is 0 Å². The number of hydrogen-bond acceptors (Lipinski definition) is 3. The number of rotatable bonds is 5. The van der Waals surface area contributed by atoms with Gasteiger partial charge in [-0.2, -0.15) is 0 Å². The van der Waals surface area contributed by atoms with E-state index in [4.69, 9.17) is 0 Å². The van der Waals surface area contributed by atoms with Gasteiger partial charge in [0.25, 0.3) is 0 Å². The summed E-state index contributed by atoms with van der Waals surface area (Å²) in [6.07, 6.45) is 0.406. The van der Waals surface area contributed by atoms with E-state index in [2.05, 4.69) is 10.1 Å². The summed E-state index contributed by atoms with van der Waals surface area (Å²) in [7, 11) is 1.34. The van der Waals surface area contributed by atoms with Gasteiger partial charge in [0, 0.05) is 12.1 Å². The molecule has 2 rings (SSSR count). The Labute approximate surface area is 130 Å². The van der Waals surface area contributed by atoms with E-state index >= 15 is 0 Å². The molecule has 0 aromatic heterocycles. The Kier molecular flexibility index (Phi) is 5.31. The molecular weight excluding hydrogens is 278 g/mol. The zero-order valence-electron chi connectivity index (χ0n) is 12.7. The lowest BCUT2D eigenvalue weighted by atomic mass is 9.97. The Hall–Kier alpha value is -2.62. The predicted octanol–water partition coefficient (Wildman–Crippen LogP) is 3.61. The van der Waals surface area contributed by atoms with E-state index in [-0.39, 0.29) is 11.8 Å². The van der Waals surface area contributed by atoms with Gasteiger partial charge in [0.2, 0.25) is 5.91 Å². The summed E-state index contributed by atoms with van der Waals surface area (Å²) in [4.78, 5) is 23.4. The summed E-state index contributed by atoms with van der Waals surface area (Å²) in [5, 5.41) is 2.84. The first kappa shape index (κ1) is 15.8. The van der Waals surface area contributed by atoms with E-state index < -0.39 is 5.97 Å². The molecule has 1 unspecified atom stereocenters. The number of ether oxygens (including phenoxy) is 1. The highest BCUT2D eigenvalue weighted by molar-refractivity contribution is 5.93. The van der Waals surface area contributed by atoms with Gasteiger partial charge in [-0.05, 0) is 35.7 Å². The average molecular weight is 297 g/mol. The van der Waals surface area contributed by atoms with Gasteiger partial charge < -0.3 is 10.1 Å². The van der Waals surface area contributed by atoms with Crippen molar-refractivity contribution in [1.29, 1.82) is 0 Å². The van der Waals surface area contributed by atoms with Crippen LogP contribution in [0.5, 0.6) is 0 Å². The number of carbonyl (C=O) groups excluding carboxylic acids is 2. The summed E-state index contributed by atoms with van der Waals surface area (Å²) in [6, 6.07) is 16.6. The number of methoxy groups -OCH3 is 1. The molecule has 0 bridgehead atoms. The van der Waals surface area contributed by atoms with Crippen LogP contribution in [0.3, 0.4) is 0 Å². The summed E-state index contributed by atoms with van der Waals surface area (Å²) in [6.45, 7) is 2.02. The number of carbonyl (C=O) groups is 2. The Balaban J connectivity index is 1.93. The molecule has 0 saturated carbocycles. The normalized spacial score (nSPS) is 11.5. The molecule has 1 atom stereocenters. The second kappa shape index (κ2) is 7.41. The average Bonchev–Trinajstić information content (AvgIpc) is 2.55. The number of esters is 1. The molecule has 22 heavy (non-hydrogen) atoms. The molecule has 0 aliphatic carbocycles. The molecule has 0 aliphatic heterocycles. The summed E-state index contributed by atoms with van der Waals surface area (Å²) in [5.41, 5.74) is 2.26. The fourth-order valence-corrected chi connectivity index (χ4v) is 2.20. The molecule has 0 aliphatic rings. The fraction of sp³-hybridized carbons (Fsp3) is 0.222. The van der Waals surface area contributed by atoms with E-state index in [1.807, 2.05) is 37.3 Å². The molecule has 2 aromatic rings. The van der Waals surface area contributed by atoms with Crippen LogP contribution >= 0.6 is 0 Å². The van der Waals surface area contributed by atoms with Gasteiger partial charge in [-0.25, -0.2) is 4.79 Å². The van der Waals surface area contributed by atoms with Gasteiger partial charge >= 0.3 is 5.97 Å². The first-order valence-corrected chi connectivity index (χ1v) is 7.13. The van der Waals surface area contributed by atoms with E-state index in [0.717, 1.165) is 5.56 Å². The number of hydrogen-bond donors (Lipinski definition) is 1. The third-order valence-electron chi connectivity index (χ3n) is 3.45. The lowest BCUT2D eigenvalue weighted by Gasteiger charge is -2.12. The Morgan fingerprint density at radius 1 is 1.05 bits per heavy atom. The molecular formula is C18H19NO3. The van der Waals surface area contributed by atoms with E-state index in [9.17, 15) is 9.59 Å². The quantitative estimate of drug-likeness (QED) is 0.858. The van der Waals surface area contributed by atoms with Crippen molar-refractivity contribution in [1.82, 2.24) is 0 Å². The van der Waals surface area contributed by atoms with Crippen molar-refractivity contribution in [2.45, 2.75) is 19.3 Å². The number of amides is 1. The third-order valence-corrected chi connectivity index (χ3v) is 3.45. The van der Waals surface area contributed by atoms with Crippen LogP contribution in [-0.2, 0) is 9.53 Å². The van der Waals surface area contributed by atoms with Crippen LogP contribution in [0, 0.1) is 0 Å². The van der Waals surface area contributed by atoms with E-state index in [1.54, 1.807) is 24.3 Å². The first-order chi connectivity index (χ1) is 10.6. The molecule has 0 heterocycles. The minimum atomic E-state index is -0.393. The maximum atomic E-state index is 12.1. The molecule has 4 heteroatoms. The molecule has 1 amide bonds. The van der Waals surface area contributed by atoms with Gasteiger partial charge in [-0.15, -0.1) is 0 Å². The van der Waals surface area contributed by atoms with Crippen molar-refractivity contribution < 1.29 is 14.3 Å².